The van der Waals surface area contributed by atoms with Crippen LogP contribution in [-0.4, -0.2) is 12.6 Å². The minimum absolute atomic E-state index is 0.250. The summed E-state index contributed by atoms with van der Waals surface area (Å²) in [7, 11) is 0. The summed E-state index contributed by atoms with van der Waals surface area (Å²) >= 11 is 0. The first-order valence-corrected chi connectivity index (χ1v) is 6.10. The van der Waals surface area contributed by atoms with Crippen LogP contribution in [0.2, 0.25) is 0 Å². The fourth-order valence-corrected chi connectivity index (χ4v) is 2.72. The predicted octanol–water partition coefficient (Wildman–Crippen LogP) is 1.95. The molecule has 1 aliphatic heterocycles. The first-order valence-electron chi connectivity index (χ1n) is 6.10. The molecule has 0 aromatic heterocycles. The highest BCUT2D eigenvalue weighted by molar-refractivity contribution is 5.09. The van der Waals surface area contributed by atoms with Crippen molar-refractivity contribution in [2.24, 2.45) is 17.7 Å². The molecule has 15 heavy (non-hydrogen) atoms. The molecule has 1 heterocycles. The fourth-order valence-electron chi connectivity index (χ4n) is 2.72. The average Bonchev–Trinajstić information content (AvgIpc) is 2.75. The van der Waals surface area contributed by atoms with Crippen LogP contribution < -0.4 is 11.3 Å². The second-order valence-corrected chi connectivity index (χ2v) is 4.91. The standard InChI is InChI=1S/C12H22N2O/c1-9-4-6-10(7-5-9)12(14-13)11-3-2-8-15-11/h3,9-10,12,14H,2,4-8,13H2,1H3. The molecule has 2 rings (SSSR count). The number of rotatable bonds is 3. The molecule has 1 fully saturated rings. The molecule has 3 nitrogen and oxygen atoms in total. The SMILES string of the molecule is CC1CCC(C(NN)C2=CCCO2)CC1. The van der Waals surface area contributed by atoms with Crippen LogP contribution >= 0.6 is 0 Å². The summed E-state index contributed by atoms with van der Waals surface area (Å²) in [6.45, 7) is 3.17. The maximum absolute atomic E-state index is 5.65. The summed E-state index contributed by atoms with van der Waals surface area (Å²) in [6, 6.07) is 0.250. The third-order valence-electron chi connectivity index (χ3n) is 3.75. The molecule has 0 aromatic carbocycles. The van der Waals surface area contributed by atoms with Gasteiger partial charge in [0.05, 0.1) is 12.6 Å². The molecule has 3 N–H and O–H groups in total. The van der Waals surface area contributed by atoms with E-state index in [1.54, 1.807) is 0 Å². The Morgan fingerprint density at radius 1 is 1.40 bits per heavy atom. The lowest BCUT2D eigenvalue weighted by Crippen LogP contribution is -2.43. The molecule has 1 aliphatic carbocycles. The van der Waals surface area contributed by atoms with E-state index in [0.29, 0.717) is 5.92 Å². The third kappa shape index (κ3) is 2.52. The number of nitrogens with two attached hydrogens (primary N) is 1. The van der Waals surface area contributed by atoms with Crippen molar-refractivity contribution in [3.05, 3.63) is 11.8 Å². The van der Waals surface area contributed by atoms with Gasteiger partial charge in [0.25, 0.3) is 0 Å². The zero-order valence-electron chi connectivity index (χ0n) is 9.54. The molecule has 1 atom stereocenters. The first kappa shape index (κ1) is 11.0. The number of hydrogen-bond donors (Lipinski definition) is 2. The Hall–Kier alpha value is -0.540. The van der Waals surface area contributed by atoms with E-state index in [-0.39, 0.29) is 6.04 Å². The van der Waals surface area contributed by atoms with Crippen molar-refractivity contribution in [1.82, 2.24) is 5.43 Å². The highest BCUT2D eigenvalue weighted by Crippen LogP contribution is 2.33. The molecule has 0 amide bonds. The minimum atomic E-state index is 0.250. The van der Waals surface area contributed by atoms with Gasteiger partial charge in [-0.25, -0.2) is 5.43 Å². The fraction of sp³-hybridized carbons (Fsp3) is 0.833. The molecule has 0 bridgehead atoms. The van der Waals surface area contributed by atoms with Crippen LogP contribution in [0.4, 0.5) is 0 Å². The molecule has 0 spiro atoms. The average molecular weight is 210 g/mol. The molecule has 0 aromatic rings. The quantitative estimate of drug-likeness (QED) is 0.553. The highest BCUT2D eigenvalue weighted by Gasteiger charge is 2.29. The molecule has 86 valence electrons. The van der Waals surface area contributed by atoms with E-state index in [4.69, 9.17) is 10.6 Å². The maximum Gasteiger partial charge on any atom is 0.111 e. The van der Waals surface area contributed by atoms with Crippen LogP contribution in [0.5, 0.6) is 0 Å². The monoisotopic (exact) mass is 210 g/mol. The Bertz CT molecular complexity index is 232. The summed E-state index contributed by atoms with van der Waals surface area (Å²) in [5.41, 5.74) is 2.94. The summed E-state index contributed by atoms with van der Waals surface area (Å²) in [5, 5.41) is 0. The maximum atomic E-state index is 5.65. The predicted molar refractivity (Wildman–Crippen MR) is 60.9 cm³/mol. The molecule has 1 saturated carbocycles. The van der Waals surface area contributed by atoms with Crippen LogP contribution in [0.25, 0.3) is 0 Å². The van der Waals surface area contributed by atoms with Crippen molar-refractivity contribution in [3.8, 4) is 0 Å². The lowest BCUT2D eigenvalue weighted by Gasteiger charge is -2.32. The van der Waals surface area contributed by atoms with Gasteiger partial charge >= 0.3 is 0 Å². The Morgan fingerprint density at radius 2 is 2.13 bits per heavy atom. The van der Waals surface area contributed by atoms with Gasteiger partial charge < -0.3 is 4.74 Å². The summed E-state index contributed by atoms with van der Waals surface area (Å²) in [4.78, 5) is 0. The van der Waals surface area contributed by atoms with Crippen molar-refractivity contribution in [1.29, 1.82) is 0 Å². The number of nitrogens with one attached hydrogen (secondary N) is 1. The summed E-state index contributed by atoms with van der Waals surface area (Å²) < 4.78 is 5.60. The van der Waals surface area contributed by atoms with E-state index >= 15 is 0 Å². The van der Waals surface area contributed by atoms with Crippen LogP contribution in [0.15, 0.2) is 11.8 Å². The lowest BCUT2D eigenvalue weighted by atomic mass is 9.79. The van der Waals surface area contributed by atoms with Gasteiger partial charge in [-0.15, -0.1) is 0 Å². The zero-order valence-corrected chi connectivity index (χ0v) is 9.54. The van der Waals surface area contributed by atoms with Crippen LogP contribution in [0.1, 0.15) is 39.0 Å². The van der Waals surface area contributed by atoms with E-state index in [1.807, 2.05) is 0 Å². The smallest absolute Gasteiger partial charge is 0.111 e. The lowest BCUT2D eigenvalue weighted by molar-refractivity contribution is 0.166. The molecule has 3 heteroatoms. The van der Waals surface area contributed by atoms with Crippen molar-refractivity contribution in [2.45, 2.75) is 45.1 Å². The van der Waals surface area contributed by atoms with Gasteiger partial charge in [-0.2, -0.15) is 0 Å². The van der Waals surface area contributed by atoms with Gasteiger partial charge in [-0.1, -0.05) is 19.8 Å². The van der Waals surface area contributed by atoms with E-state index < -0.39 is 0 Å². The Kier molecular flexibility index (Phi) is 3.65. The van der Waals surface area contributed by atoms with E-state index in [0.717, 1.165) is 24.7 Å². The van der Waals surface area contributed by atoms with Crippen molar-refractivity contribution < 1.29 is 4.74 Å². The van der Waals surface area contributed by atoms with Crippen molar-refractivity contribution >= 4 is 0 Å². The molecule has 2 aliphatic rings. The van der Waals surface area contributed by atoms with E-state index in [9.17, 15) is 0 Å². The Labute approximate surface area is 92.0 Å². The van der Waals surface area contributed by atoms with Gasteiger partial charge in [0.2, 0.25) is 0 Å². The van der Waals surface area contributed by atoms with Crippen molar-refractivity contribution in [3.63, 3.8) is 0 Å². The topological polar surface area (TPSA) is 47.3 Å². The number of ether oxygens (including phenoxy) is 1. The molecule has 0 saturated heterocycles. The van der Waals surface area contributed by atoms with Crippen molar-refractivity contribution in [2.75, 3.05) is 6.61 Å². The normalized spacial score (nSPS) is 33.3. The summed E-state index contributed by atoms with van der Waals surface area (Å²) in [6.07, 6.45) is 8.43. The zero-order chi connectivity index (χ0) is 10.7. The summed E-state index contributed by atoms with van der Waals surface area (Å²) in [5.74, 6) is 8.28. The second-order valence-electron chi connectivity index (χ2n) is 4.91. The third-order valence-corrected chi connectivity index (χ3v) is 3.75. The Balaban J connectivity index is 1.94. The number of hydrogen-bond acceptors (Lipinski definition) is 3. The van der Waals surface area contributed by atoms with Gasteiger partial charge in [0.1, 0.15) is 5.76 Å². The molecule has 1 unspecified atom stereocenters. The van der Waals surface area contributed by atoms with Crippen LogP contribution in [0.3, 0.4) is 0 Å². The van der Waals surface area contributed by atoms with Gasteiger partial charge in [-0.05, 0) is 30.8 Å². The van der Waals surface area contributed by atoms with Crippen LogP contribution in [-0.2, 0) is 4.74 Å². The largest absolute Gasteiger partial charge is 0.496 e. The van der Waals surface area contributed by atoms with Gasteiger partial charge in [0.15, 0.2) is 0 Å². The second kappa shape index (κ2) is 4.99. The minimum Gasteiger partial charge on any atom is -0.496 e. The van der Waals surface area contributed by atoms with Gasteiger partial charge in [0, 0.05) is 6.42 Å². The van der Waals surface area contributed by atoms with E-state index in [1.165, 1.54) is 25.7 Å². The molecule has 0 radical (unpaired) electrons. The first-order chi connectivity index (χ1) is 7.31. The van der Waals surface area contributed by atoms with Crippen LogP contribution in [0, 0.1) is 11.8 Å². The highest BCUT2D eigenvalue weighted by atomic mass is 16.5. The van der Waals surface area contributed by atoms with E-state index in [2.05, 4.69) is 18.4 Å². The Morgan fingerprint density at radius 3 is 2.67 bits per heavy atom. The number of hydrazine groups is 1. The van der Waals surface area contributed by atoms with Gasteiger partial charge in [-0.3, -0.25) is 5.84 Å². The molecular formula is C12H22N2O. The molecular weight excluding hydrogens is 188 g/mol.